The van der Waals surface area contributed by atoms with Gasteiger partial charge in [0.05, 0.1) is 12.5 Å². The first-order chi connectivity index (χ1) is 11.0. The van der Waals surface area contributed by atoms with Crippen LogP contribution in [0.15, 0.2) is 48.8 Å². The SMILES string of the molecule is CC(C)C(O)CC(=O)Nc1cccc(OCc2cccnc2)c1. The monoisotopic (exact) mass is 314 g/mol. The summed E-state index contributed by atoms with van der Waals surface area (Å²) in [6.07, 6.45) is 2.91. The van der Waals surface area contributed by atoms with Crippen LogP contribution in [-0.4, -0.2) is 22.1 Å². The molecule has 0 saturated carbocycles. The Bertz CT molecular complexity index is 629. The van der Waals surface area contributed by atoms with E-state index in [0.717, 1.165) is 5.56 Å². The molecule has 1 aromatic heterocycles. The summed E-state index contributed by atoms with van der Waals surface area (Å²) in [7, 11) is 0. The van der Waals surface area contributed by atoms with E-state index in [9.17, 15) is 9.90 Å². The number of carbonyl (C=O) groups is 1. The molecule has 2 aromatic rings. The van der Waals surface area contributed by atoms with Gasteiger partial charge < -0.3 is 15.2 Å². The van der Waals surface area contributed by atoms with Crippen molar-refractivity contribution in [1.29, 1.82) is 0 Å². The average molecular weight is 314 g/mol. The van der Waals surface area contributed by atoms with Gasteiger partial charge in [0.25, 0.3) is 0 Å². The lowest BCUT2D eigenvalue weighted by molar-refractivity contribution is -0.118. The number of benzene rings is 1. The average Bonchev–Trinajstić information content (AvgIpc) is 2.54. The zero-order chi connectivity index (χ0) is 16.7. The second kappa shape index (κ2) is 8.29. The third-order valence-electron chi connectivity index (χ3n) is 3.41. The maximum absolute atomic E-state index is 11.9. The zero-order valence-electron chi connectivity index (χ0n) is 13.4. The van der Waals surface area contributed by atoms with Gasteiger partial charge in [0.15, 0.2) is 0 Å². The van der Waals surface area contributed by atoms with Gasteiger partial charge in [-0.1, -0.05) is 26.0 Å². The predicted molar refractivity (Wildman–Crippen MR) is 89.1 cm³/mol. The summed E-state index contributed by atoms with van der Waals surface area (Å²) in [6, 6.07) is 11.0. The van der Waals surface area contributed by atoms with Crippen molar-refractivity contribution in [3.8, 4) is 5.75 Å². The summed E-state index contributed by atoms with van der Waals surface area (Å²) in [5.41, 5.74) is 1.62. The highest BCUT2D eigenvalue weighted by molar-refractivity contribution is 5.91. The van der Waals surface area contributed by atoms with Gasteiger partial charge in [0.2, 0.25) is 5.91 Å². The van der Waals surface area contributed by atoms with Crippen molar-refractivity contribution in [2.24, 2.45) is 5.92 Å². The van der Waals surface area contributed by atoms with E-state index in [-0.39, 0.29) is 18.2 Å². The van der Waals surface area contributed by atoms with E-state index in [4.69, 9.17) is 4.74 Å². The van der Waals surface area contributed by atoms with Gasteiger partial charge in [-0.25, -0.2) is 0 Å². The molecule has 1 unspecified atom stereocenters. The molecule has 0 saturated heterocycles. The molecule has 0 aliphatic heterocycles. The van der Waals surface area contributed by atoms with Gasteiger partial charge in [0, 0.05) is 29.7 Å². The van der Waals surface area contributed by atoms with Crippen LogP contribution < -0.4 is 10.1 Å². The number of carbonyl (C=O) groups excluding carboxylic acids is 1. The van der Waals surface area contributed by atoms with Crippen LogP contribution in [0.3, 0.4) is 0 Å². The number of anilines is 1. The van der Waals surface area contributed by atoms with Crippen molar-refractivity contribution >= 4 is 11.6 Å². The second-order valence-electron chi connectivity index (χ2n) is 5.74. The Morgan fingerprint density at radius 1 is 1.30 bits per heavy atom. The van der Waals surface area contributed by atoms with Crippen LogP contribution in [0.1, 0.15) is 25.8 Å². The van der Waals surface area contributed by atoms with Crippen LogP contribution in [0.2, 0.25) is 0 Å². The molecular formula is C18H22N2O3. The maximum Gasteiger partial charge on any atom is 0.226 e. The Hall–Kier alpha value is -2.40. The third-order valence-corrected chi connectivity index (χ3v) is 3.41. The molecule has 0 radical (unpaired) electrons. The first kappa shape index (κ1) is 17.0. The van der Waals surface area contributed by atoms with E-state index >= 15 is 0 Å². The molecule has 2 N–H and O–H groups in total. The second-order valence-corrected chi connectivity index (χ2v) is 5.74. The molecule has 1 amide bonds. The molecule has 5 heteroatoms. The number of hydrogen-bond donors (Lipinski definition) is 2. The molecule has 0 aliphatic rings. The lowest BCUT2D eigenvalue weighted by Gasteiger charge is -2.14. The molecule has 5 nitrogen and oxygen atoms in total. The first-order valence-electron chi connectivity index (χ1n) is 7.64. The van der Waals surface area contributed by atoms with E-state index < -0.39 is 6.10 Å². The highest BCUT2D eigenvalue weighted by Crippen LogP contribution is 2.19. The van der Waals surface area contributed by atoms with E-state index in [1.807, 2.05) is 38.1 Å². The van der Waals surface area contributed by atoms with Gasteiger partial charge >= 0.3 is 0 Å². The lowest BCUT2D eigenvalue weighted by Crippen LogP contribution is -2.23. The fourth-order valence-corrected chi connectivity index (χ4v) is 1.95. The maximum atomic E-state index is 11.9. The van der Waals surface area contributed by atoms with Gasteiger partial charge in [-0.05, 0) is 24.1 Å². The lowest BCUT2D eigenvalue weighted by atomic mass is 10.0. The third kappa shape index (κ3) is 5.71. The minimum atomic E-state index is -0.639. The van der Waals surface area contributed by atoms with Crippen LogP contribution in [0.4, 0.5) is 5.69 Å². The number of hydrogen-bond acceptors (Lipinski definition) is 4. The Balaban J connectivity index is 1.90. The fraction of sp³-hybridized carbons (Fsp3) is 0.333. The topological polar surface area (TPSA) is 71.5 Å². The largest absolute Gasteiger partial charge is 0.489 e. The number of nitrogens with zero attached hydrogens (tertiary/aromatic N) is 1. The Labute approximate surface area is 136 Å². The van der Waals surface area contributed by atoms with E-state index in [2.05, 4.69) is 10.3 Å². The fourth-order valence-electron chi connectivity index (χ4n) is 1.95. The number of aliphatic hydroxyl groups excluding tert-OH is 1. The van der Waals surface area contributed by atoms with Crippen LogP contribution in [0, 0.1) is 5.92 Å². The summed E-state index contributed by atoms with van der Waals surface area (Å²) < 4.78 is 5.69. The minimum Gasteiger partial charge on any atom is -0.489 e. The molecule has 23 heavy (non-hydrogen) atoms. The van der Waals surface area contributed by atoms with Crippen LogP contribution >= 0.6 is 0 Å². The molecule has 122 valence electrons. The summed E-state index contributed by atoms with van der Waals surface area (Å²) in [4.78, 5) is 15.9. The van der Waals surface area contributed by atoms with Crippen molar-refractivity contribution < 1.29 is 14.6 Å². The van der Waals surface area contributed by atoms with Crippen molar-refractivity contribution in [3.05, 3.63) is 54.4 Å². The van der Waals surface area contributed by atoms with Gasteiger partial charge in [-0.3, -0.25) is 9.78 Å². The van der Waals surface area contributed by atoms with E-state index in [0.29, 0.717) is 18.0 Å². The molecule has 0 fully saturated rings. The first-order valence-corrected chi connectivity index (χ1v) is 7.64. The molecule has 1 aromatic carbocycles. The number of rotatable bonds is 7. The summed E-state index contributed by atoms with van der Waals surface area (Å²) in [6.45, 7) is 4.17. The molecule has 2 rings (SSSR count). The molecule has 0 spiro atoms. The number of ether oxygens (including phenoxy) is 1. The van der Waals surface area contributed by atoms with Crippen LogP contribution in [0.25, 0.3) is 0 Å². The molecule has 1 heterocycles. The molecular weight excluding hydrogens is 292 g/mol. The number of aliphatic hydroxyl groups is 1. The number of pyridine rings is 1. The minimum absolute atomic E-state index is 0.0508. The summed E-state index contributed by atoms with van der Waals surface area (Å²) in [5, 5.41) is 12.5. The predicted octanol–water partition coefficient (Wildman–Crippen LogP) is 3.01. The smallest absolute Gasteiger partial charge is 0.226 e. The van der Waals surface area contributed by atoms with Crippen molar-refractivity contribution in [2.75, 3.05) is 5.32 Å². The summed E-state index contributed by atoms with van der Waals surface area (Å²) in [5.74, 6) is 0.501. The van der Waals surface area contributed by atoms with E-state index in [1.165, 1.54) is 0 Å². The Kier molecular flexibility index (Phi) is 6.11. The normalized spacial score (nSPS) is 12.0. The standard InChI is InChI=1S/C18H22N2O3/c1-13(2)17(21)10-18(22)20-15-6-3-7-16(9-15)23-12-14-5-4-8-19-11-14/h3-9,11,13,17,21H,10,12H2,1-2H3,(H,20,22). The molecule has 0 aliphatic carbocycles. The van der Waals surface area contributed by atoms with Crippen molar-refractivity contribution in [1.82, 2.24) is 4.98 Å². The van der Waals surface area contributed by atoms with Crippen LogP contribution in [0.5, 0.6) is 5.75 Å². The number of nitrogens with one attached hydrogen (secondary N) is 1. The quantitative estimate of drug-likeness (QED) is 0.824. The van der Waals surface area contributed by atoms with Crippen molar-refractivity contribution in [3.63, 3.8) is 0 Å². The molecule has 0 bridgehead atoms. The zero-order valence-corrected chi connectivity index (χ0v) is 13.4. The highest BCUT2D eigenvalue weighted by atomic mass is 16.5. The highest BCUT2D eigenvalue weighted by Gasteiger charge is 2.14. The Morgan fingerprint density at radius 3 is 2.83 bits per heavy atom. The Morgan fingerprint density at radius 2 is 2.13 bits per heavy atom. The summed E-state index contributed by atoms with van der Waals surface area (Å²) >= 11 is 0. The van der Waals surface area contributed by atoms with Gasteiger partial charge in [-0.15, -0.1) is 0 Å². The number of amides is 1. The molecule has 1 atom stereocenters. The van der Waals surface area contributed by atoms with Gasteiger partial charge in [-0.2, -0.15) is 0 Å². The van der Waals surface area contributed by atoms with Crippen LogP contribution in [-0.2, 0) is 11.4 Å². The number of aromatic nitrogens is 1. The van der Waals surface area contributed by atoms with Gasteiger partial charge in [0.1, 0.15) is 12.4 Å². The van der Waals surface area contributed by atoms with Crippen molar-refractivity contribution in [2.45, 2.75) is 33.0 Å². The van der Waals surface area contributed by atoms with E-state index in [1.54, 1.807) is 24.5 Å².